The highest BCUT2D eigenvalue weighted by atomic mass is 32.1. The van der Waals surface area contributed by atoms with Crippen LogP contribution >= 0.6 is 22.7 Å². The first-order valence-electron chi connectivity index (χ1n) is 18.3. The smallest absolute Gasteiger partial charge is 0.344 e. The third-order valence-electron chi connectivity index (χ3n) is 6.90. The van der Waals surface area contributed by atoms with Crippen molar-refractivity contribution in [3.8, 4) is 16.3 Å². The normalized spacial score (nSPS) is 9.98. The van der Waals surface area contributed by atoms with Gasteiger partial charge in [-0.25, -0.2) is 9.78 Å². The molecule has 0 saturated heterocycles. The highest BCUT2D eigenvalue weighted by Crippen LogP contribution is 2.31. The van der Waals surface area contributed by atoms with E-state index in [-0.39, 0.29) is 5.97 Å². The zero-order chi connectivity index (χ0) is 39.1. The number of aryl methyl sites for hydroxylation is 1. The van der Waals surface area contributed by atoms with Gasteiger partial charge in [0.15, 0.2) is 10.2 Å². The molecule has 52 heavy (non-hydrogen) atoms. The second kappa shape index (κ2) is 25.4. The lowest BCUT2D eigenvalue weighted by atomic mass is 10.1. The monoisotopic (exact) mass is 746 g/mol. The standard InChI is InChI=1S/C15H17NO2S.C14H24N2.C9H9N3S.2C2H6/c1-2-3-4-13-9-10-14(19-13)18-15(17)11-5-7-12(16)8-6-11;1-11(2)9-16(10-12(3)4)14-7-5-13(15)6-8-14;10-8-7(12-9(11)13-8)6-4-2-1-3-5-6;2*1-2/h5-10H,2-4,16H2,1H3;5-8,11-12H,9-10,15H2,1-4H3;1-5H,10H2,(H2,11,12);2*1-2H3. The Morgan fingerprint density at radius 2 is 1.27 bits per heavy atom. The molecule has 8 nitrogen and oxygen atoms in total. The lowest BCUT2D eigenvalue weighted by Gasteiger charge is -2.28. The summed E-state index contributed by atoms with van der Waals surface area (Å²) in [5, 5.41) is 1.83. The molecule has 0 saturated carbocycles. The summed E-state index contributed by atoms with van der Waals surface area (Å²) in [6, 6.07) is 28.5. The number of hydrogen-bond acceptors (Lipinski definition) is 10. The minimum atomic E-state index is -0.344. The van der Waals surface area contributed by atoms with E-state index in [4.69, 9.17) is 27.7 Å². The molecule has 0 aliphatic rings. The van der Waals surface area contributed by atoms with Crippen LogP contribution in [0.3, 0.4) is 0 Å². The van der Waals surface area contributed by atoms with Gasteiger partial charge >= 0.3 is 5.97 Å². The van der Waals surface area contributed by atoms with Gasteiger partial charge < -0.3 is 32.6 Å². The van der Waals surface area contributed by atoms with E-state index in [1.807, 2.05) is 82.3 Å². The van der Waals surface area contributed by atoms with Crippen molar-refractivity contribution in [2.45, 2.75) is 81.6 Å². The van der Waals surface area contributed by atoms with Crippen LogP contribution in [0.4, 0.5) is 27.2 Å². The maximum absolute atomic E-state index is 11.9. The topological polar surface area (TPSA) is 147 Å². The Kier molecular flexibility index (Phi) is 22.2. The molecule has 2 aromatic heterocycles. The molecule has 0 aliphatic heterocycles. The van der Waals surface area contributed by atoms with E-state index in [1.165, 1.54) is 39.7 Å². The molecule has 0 radical (unpaired) electrons. The maximum Gasteiger partial charge on any atom is 0.344 e. The Hall–Kier alpha value is -4.54. The van der Waals surface area contributed by atoms with Gasteiger partial charge in [-0.15, -0.1) is 11.3 Å². The second-order valence-electron chi connectivity index (χ2n) is 12.3. The maximum atomic E-state index is 11.9. The van der Waals surface area contributed by atoms with Crippen LogP contribution in [0, 0.1) is 11.8 Å². The van der Waals surface area contributed by atoms with Gasteiger partial charge in [0.25, 0.3) is 0 Å². The van der Waals surface area contributed by atoms with E-state index in [9.17, 15) is 4.79 Å². The van der Waals surface area contributed by atoms with E-state index in [0.29, 0.717) is 38.3 Å². The van der Waals surface area contributed by atoms with Gasteiger partial charge in [-0.2, -0.15) is 0 Å². The van der Waals surface area contributed by atoms with Gasteiger partial charge in [0.2, 0.25) is 0 Å². The third kappa shape index (κ3) is 17.1. The number of rotatable bonds is 11. The molecule has 3 aromatic carbocycles. The van der Waals surface area contributed by atoms with Crippen LogP contribution in [-0.4, -0.2) is 24.0 Å². The van der Waals surface area contributed by atoms with Crippen molar-refractivity contribution in [3.63, 3.8) is 0 Å². The fraction of sp³-hybridized carbons (Fsp3) is 0.381. The fourth-order valence-corrected chi connectivity index (χ4v) is 6.19. The number of nitrogen functional groups attached to an aromatic ring is 4. The quantitative estimate of drug-likeness (QED) is 0.0771. The van der Waals surface area contributed by atoms with Crippen molar-refractivity contribution in [2.75, 3.05) is 40.9 Å². The van der Waals surface area contributed by atoms with Crippen molar-refractivity contribution in [1.82, 2.24) is 4.98 Å². The summed E-state index contributed by atoms with van der Waals surface area (Å²) in [7, 11) is 0. The molecule has 2 heterocycles. The number of ether oxygens (including phenoxy) is 1. The lowest BCUT2D eigenvalue weighted by Crippen LogP contribution is -2.31. The summed E-state index contributed by atoms with van der Waals surface area (Å²) in [4.78, 5) is 19.7. The number of benzene rings is 3. The molecule has 0 fully saturated rings. The Bertz CT molecular complexity index is 1640. The third-order valence-corrected chi connectivity index (χ3v) is 8.64. The summed E-state index contributed by atoms with van der Waals surface area (Å²) in [6.07, 6.45) is 3.37. The summed E-state index contributed by atoms with van der Waals surface area (Å²) < 4.78 is 5.34. The van der Waals surface area contributed by atoms with E-state index in [1.54, 1.807) is 24.3 Å². The molecule has 284 valence electrons. The van der Waals surface area contributed by atoms with Crippen LogP contribution in [0.25, 0.3) is 11.3 Å². The van der Waals surface area contributed by atoms with Crippen LogP contribution in [0.15, 0.2) is 91.0 Å². The molecule has 10 heteroatoms. The first kappa shape index (κ1) is 45.5. The van der Waals surface area contributed by atoms with Crippen molar-refractivity contribution < 1.29 is 9.53 Å². The molecular formula is C42H62N6O2S2. The molecule has 0 amide bonds. The Morgan fingerprint density at radius 3 is 1.75 bits per heavy atom. The molecule has 0 spiro atoms. The fourth-order valence-electron chi connectivity index (χ4n) is 4.67. The van der Waals surface area contributed by atoms with Gasteiger partial charge in [0.1, 0.15) is 10.7 Å². The van der Waals surface area contributed by atoms with E-state index in [2.05, 4.69) is 56.6 Å². The van der Waals surface area contributed by atoms with Crippen molar-refractivity contribution in [3.05, 3.63) is 101 Å². The second-order valence-corrected chi connectivity index (χ2v) is 14.4. The number of aromatic nitrogens is 1. The van der Waals surface area contributed by atoms with Gasteiger partial charge in [-0.1, -0.05) is 110 Å². The predicted octanol–water partition coefficient (Wildman–Crippen LogP) is 11.3. The Morgan fingerprint density at radius 1 is 0.731 bits per heavy atom. The first-order valence-corrected chi connectivity index (χ1v) is 19.9. The number of esters is 1. The average molecular weight is 747 g/mol. The molecule has 8 N–H and O–H groups in total. The number of carbonyl (C=O) groups is 1. The number of nitrogens with zero attached hydrogens (tertiary/aromatic N) is 2. The first-order chi connectivity index (χ1) is 24.9. The summed E-state index contributed by atoms with van der Waals surface area (Å²) in [6.45, 7) is 21.4. The van der Waals surface area contributed by atoms with Crippen LogP contribution in [0.5, 0.6) is 5.06 Å². The van der Waals surface area contributed by atoms with Crippen molar-refractivity contribution in [2.24, 2.45) is 11.8 Å². The van der Waals surface area contributed by atoms with Crippen LogP contribution in [-0.2, 0) is 6.42 Å². The molecule has 5 aromatic rings. The largest absolute Gasteiger partial charge is 0.412 e. The average Bonchev–Trinajstić information content (AvgIpc) is 3.74. The number of hydrogen-bond donors (Lipinski definition) is 4. The van der Waals surface area contributed by atoms with Crippen LogP contribution in [0.2, 0.25) is 0 Å². The Balaban J connectivity index is 0.000000377. The molecular weight excluding hydrogens is 685 g/mol. The van der Waals surface area contributed by atoms with E-state index >= 15 is 0 Å². The van der Waals surface area contributed by atoms with Crippen LogP contribution < -0.4 is 32.6 Å². The summed E-state index contributed by atoms with van der Waals surface area (Å²) >= 11 is 2.84. The highest BCUT2D eigenvalue weighted by Gasteiger charge is 2.11. The minimum absolute atomic E-state index is 0.344. The van der Waals surface area contributed by atoms with Gasteiger partial charge in [0, 0.05) is 40.6 Å². The predicted molar refractivity (Wildman–Crippen MR) is 231 cm³/mol. The highest BCUT2D eigenvalue weighted by molar-refractivity contribution is 7.19. The molecule has 0 atom stereocenters. The number of thiophene rings is 1. The van der Waals surface area contributed by atoms with Crippen LogP contribution in [0.1, 0.15) is 90.4 Å². The van der Waals surface area contributed by atoms with Crippen molar-refractivity contribution in [1.29, 1.82) is 0 Å². The minimum Gasteiger partial charge on any atom is -0.412 e. The zero-order valence-corrected chi connectivity index (χ0v) is 34.3. The molecule has 0 unspecified atom stereocenters. The summed E-state index contributed by atoms with van der Waals surface area (Å²) in [5.74, 6) is 1.01. The SMILES string of the molecule is CC.CC.CC(C)CN(CC(C)C)c1ccc(N)cc1.CCCCc1ccc(OC(=O)c2ccc(N)cc2)s1.Nc1nc(-c2ccccc2)c(N)s1. The number of carbonyl (C=O) groups excluding carboxylic acids is 1. The van der Waals surface area contributed by atoms with Crippen molar-refractivity contribution >= 4 is 55.8 Å². The van der Waals surface area contributed by atoms with E-state index in [0.717, 1.165) is 42.9 Å². The molecule has 0 aliphatic carbocycles. The number of anilines is 5. The molecule has 5 rings (SSSR count). The van der Waals surface area contributed by atoms with Gasteiger partial charge in [0.05, 0.1) is 5.56 Å². The van der Waals surface area contributed by atoms with E-state index < -0.39 is 0 Å². The lowest BCUT2D eigenvalue weighted by molar-refractivity contribution is 0.0740. The number of unbranched alkanes of at least 4 members (excludes halogenated alkanes) is 1. The zero-order valence-electron chi connectivity index (χ0n) is 32.7. The number of nitrogens with two attached hydrogens (primary N) is 4. The summed E-state index contributed by atoms with van der Waals surface area (Å²) in [5.41, 5.74) is 27.6. The Labute approximate surface area is 321 Å². The molecule has 0 bridgehead atoms. The number of thiazole rings is 1. The van der Waals surface area contributed by atoms with Gasteiger partial charge in [-0.05, 0) is 85.3 Å². The van der Waals surface area contributed by atoms with Gasteiger partial charge in [-0.3, -0.25) is 0 Å².